The lowest BCUT2D eigenvalue weighted by Crippen LogP contribution is -2.27. The second kappa shape index (κ2) is 9.37. The molecule has 3 aromatic rings. The Kier molecular flexibility index (Phi) is 5.99. The summed E-state index contributed by atoms with van der Waals surface area (Å²) in [5.41, 5.74) is 0.863. The maximum absolute atomic E-state index is 12.0. The van der Waals surface area contributed by atoms with Crippen LogP contribution in [0.1, 0.15) is 5.56 Å². The summed E-state index contributed by atoms with van der Waals surface area (Å²) in [6, 6.07) is 14.7. The molecule has 9 heteroatoms. The van der Waals surface area contributed by atoms with Crippen LogP contribution in [0.5, 0.6) is 11.5 Å². The molecule has 30 heavy (non-hydrogen) atoms. The molecule has 0 fully saturated rings. The predicted octanol–water partition coefficient (Wildman–Crippen LogP) is 2.59. The van der Waals surface area contributed by atoms with E-state index in [-0.39, 0.29) is 12.7 Å². The summed E-state index contributed by atoms with van der Waals surface area (Å²) < 4.78 is 10.6. The number of hydrogen-bond acceptors (Lipinski definition) is 8. The first-order chi connectivity index (χ1) is 14.8. The minimum Gasteiger partial charge on any atom is -0.454 e. The third kappa shape index (κ3) is 5.22. The van der Waals surface area contributed by atoms with Crippen LogP contribution in [0.15, 0.2) is 60.8 Å². The monoisotopic (exact) mass is 404 g/mol. The smallest absolute Gasteiger partial charge is 0.244 e. The number of anilines is 3. The lowest BCUT2D eigenvalue weighted by Gasteiger charge is -2.07. The van der Waals surface area contributed by atoms with E-state index >= 15 is 0 Å². The Hall–Kier alpha value is -4.14. The molecule has 0 atom stereocenters. The van der Waals surface area contributed by atoms with Crippen molar-refractivity contribution in [1.29, 1.82) is 0 Å². The highest BCUT2D eigenvalue weighted by molar-refractivity contribution is 5.91. The Balaban J connectivity index is 1.18. The standard InChI is InChI=1S/C21H20N6O3/c28-21(9-5-15-4-6-16-17(13-15)30-14-29-16)24-12-11-23-19-7-8-20(27-26-19)25-18-3-1-2-10-22-18/h1-10,13H,11-12,14H2,(H,23,26)(H,24,28)(H,22,25,27)/b9-5+. The number of aromatic nitrogens is 3. The number of rotatable bonds is 8. The van der Waals surface area contributed by atoms with E-state index in [1.807, 2.05) is 36.4 Å². The Morgan fingerprint density at radius 2 is 1.83 bits per heavy atom. The van der Waals surface area contributed by atoms with E-state index in [1.165, 1.54) is 6.08 Å². The number of carbonyl (C=O) groups excluding carboxylic acids is 1. The molecule has 0 saturated carbocycles. The summed E-state index contributed by atoms with van der Waals surface area (Å²) in [4.78, 5) is 16.1. The number of pyridine rings is 1. The fraction of sp³-hybridized carbons (Fsp3) is 0.143. The second-order valence-electron chi connectivity index (χ2n) is 6.31. The molecule has 0 saturated heterocycles. The van der Waals surface area contributed by atoms with Crippen molar-refractivity contribution in [3.05, 3.63) is 66.4 Å². The molecule has 152 valence electrons. The van der Waals surface area contributed by atoms with Crippen molar-refractivity contribution in [2.45, 2.75) is 0 Å². The molecule has 4 rings (SSSR count). The Labute approximate surface area is 173 Å². The van der Waals surface area contributed by atoms with Gasteiger partial charge in [0.1, 0.15) is 11.6 Å². The van der Waals surface area contributed by atoms with Crippen LogP contribution in [0, 0.1) is 0 Å². The van der Waals surface area contributed by atoms with Gasteiger partial charge in [0.25, 0.3) is 0 Å². The molecule has 0 bridgehead atoms. The molecule has 3 N–H and O–H groups in total. The van der Waals surface area contributed by atoms with Crippen LogP contribution in [0.2, 0.25) is 0 Å². The van der Waals surface area contributed by atoms with E-state index < -0.39 is 0 Å². The molecule has 1 amide bonds. The van der Waals surface area contributed by atoms with Gasteiger partial charge < -0.3 is 25.4 Å². The van der Waals surface area contributed by atoms with E-state index in [1.54, 1.807) is 24.4 Å². The summed E-state index contributed by atoms with van der Waals surface area (Å²) >= 11 is 0. The predicted molar refractivity (Wildman–Crippen MR) is 113 cm³/mol. The number of hydrogen-bond donors (Lipinski definition) is 3. The van der Waals surface area contributed by atoms with Gasteiger partial charge in [0.05, 0.1) is 0 Å². The highest BCUT2D eigenvalue weighted by atomic mass is 16.7. The highest BCUT2D eigenvalue weighted by Crippen LogP contribution is 2.32. The van der Waals surface area contributed by atoms with Crippen LogP contribution < -0.4 is 25.4 Å². The van der Waals surface area contributed by atoms with Crippen LogP contribution in [0.3, 0.4) is 0 Å². The van der Waals surface area contributed by atoms with Crippen LogP contribution >= 0.6 is 0 Å². The topological polar surface area (TPSA) is 110 Å². The number of fused-ring (bicyclic) bond motifs is 1. The summed E-state index contributed by atoms with van der Waals surface area (Å²) in [6.07, 6.45) is 4.91. The summed E-state index contributed by atoms with van der Waals surface area (Å²) in [5, 5.41) is 17.2. The molecule has 1 aliphatic heterocycles. The molecular weight excluding hydrogens is 384 g/mol. The first-order valence-corrected chi connectivity index (χ1v) is 9.37. The van der Waals surface area contributed by atoms with Gasteiger partial charge in [-0.15, -0.1) is 10.2 Å². The third-order valence-electron chi connectivity index (χ3n) is 4.14. The molecule has 9 nitrogen and oxygen atoms in total. The van der Waals surface area contributed by atoms with Crippen molar-refractivity contribution in [3.8, 4) is 11.5 Å². The van der Waals surface area contributed by atoms with E-state index in [4.69, 9.17) is 9.47 Å². The second-order valence-corrected chi connectivity index (χ2v) is 6.31. The van der Waals surface area contributed by atoms with Gasteiger partial charge in [-0.1, -0.05) is 12.1 Å². The minimum atomic E-state index is -0.185. The van der Waals surface area contributed by atoms with Gasteiger partial charge in [-0.3, -0.25) is 4.79 Å². The van der Waals surface area contributed by atoms with Gasteiger partial charge >= 0.3 is 0 Å². The van der Waals surface area contributed by atoms with Crippen LogP contribution in [-0.4, -0.2) is 41.0 Å². The number of ether oxygens (including phenoxy) is 2. The van der Waals surface area contributed by atoms with E-state index in [9.17, 15) is 4.79 Å². The van der Waals surface area contributed by atoms with Crippen molar-refractivity contribution in [2.75, 3.05) is 30.5 Å². The van der Waals surface area contributed by atoms with Crippen LogP contribution in [-0.2, 0) is 4.79 Å². The van der Waals surface area contributed by atoms with Crippen molar-refractivity contribution < 1.29 is 14.3 Å². The van der Waals surface area contributed by atoms with Crippen molar-refractivity contribution in [2.24, 2.45) is 0 Å². The van der Waals surface area contributed by atoms with Gasteiger partial charge in [0.2, 0.25) is 12.7 Å². The summed E-state index contributed by atoms with van der Waals surface area (Å²) in [6.45, 7) is 1.19. The van der Waals surface area contributed by atoms with E-state index in [0.717, 1.165) is 5.56 Å². The van der Waals surface area contributed by atoms with Crippen molar-refractivity contribution >= 4 is 29.4 Å². The average Bonchev–Trinajstić information content (AvgIpc) is 3.25. The Bertz CT molecular complexity index is 1020. The van der Waals surface area contributed by atoms with Gasteiger partial charge in [-0.2, -0.15) is 0 Å². The summed E-state index contributed by atoms with van der Waals surface area (Å²) in [5.74, 6) is 3.13. The van der Waals surface area contributed by atoms with Crippen LogP contribution in [0.25, 0.3) is 6.08 Å². The fourth-order valence-corrected chi connectivity index (χ4v) is 2.69. The zero-order chi connectivity index (χ0) is 20.6. The third-order valence-corrected chi connectivity index (χ3v) is 4.14. The normalized spacial score (nSPS) is 12.0. The van der Waals surface area contributed by atoms with E-state index in [2.05, 4.69) is 31.1 Å². The van der Waals surface area contributed by atoms with Gasteiger partial charge in [0, 0.05) is 25.4 Å². The van der Waals surface area contributed by atoms with E-state index in [0.29, 0.717) is 42.0 Å². The molecule has 0 unspecified atom stereocenters. The average molecular weight is 404 g/mol. The zero-order valence-electron chi connectivity index (χ0n) is 16.0. The first kappa shape index (κ1) is 19.2. The van der Waals surface area contributed by atoms with Crippen molar-refractivity contribution in [3.63, 3.8) is 0 Å². The Morgan fingerprint density at radius 1 is 0.967 bits per heavy atom. The molecule has 1 aliphatic rings. The number of carbonyl (C=O) groups is 1. The number of nitrogens with one attached hydrogen (secondary N) is 3. The summed E-state index contributed by atoms with van der Waals surface area (Å²) in [7, 11) is 0. The minimum absolute atomic E-state index is 0.185. The highest BCUT2D eigenvalue weighted by Gasteiger charge is 2.12. The molecule has 2 aromatic heterocycles. The first-order valence-electron chi connectivity index (χ1n) is 9.37. The number of amides is 1. The molecule has 1 aromatic carbocycles. The maximum atomic E-state index is 12.0. The fourth-order valence-electron chi connectivity index (χ4n) is 2.69. The molecule has 0 radical (unpaired) electrons. The molecular formula is C21H20N6O3. The van der Waals surface area contributed by atoms with Crippen molar-refractivity contribution in [1.82, 2.24) is 20.5 Å². The molecule has 3 heterocycles. The van der Waals surface area contributed by atoms with Crippen LogP contribution in [0.4, 0.5) is 17.5 Å². The molecule has 0 aliphatic carbocycles. The van der Waals surface area contributed by atoms with Gasteiger partial charge in [0.15, 0.2) is 17.3 Å². The lowest BCUT2D eigenvalue weighted by atomic mass is 10.2. The quantitative estimate of drug-likeness (QED) is 0.388. The van der Waals surface area contributed by atoms with Gasteiger partial charge in [-0.25, -0.2) is 4.98 Å². The van der Waals surface area contributed by atoms with Gasteiger partial charge in [-0.05, 0) is 48.0 Å². The SMILES string of the molecule is O=C(/C=C/c1ccc2c(c1)OCO2)NCCNc1ccc(Nc2ccccn2)nn1. The molecule has 0 spiro atoms. The largest absolute Gasteiger partial charge is 0.454 e. The zero-order valence-corrected chi connectivity index (χ0v) is 16.0. The number of nitrogens with zero attached hydrogens (tertiary/aromatic N) is 3. The Morgan fingerprint density at radius 3 is 2.67 bits per heavy atom. The number of benzene rings is 1. The maximum Gasteiger partial charge on any atom is 0.244 e. The lowest BCUT2D eigenvalue weighted by molar-refractivity contribution is -0.116.